The van der Waals surface area contributed by atoms with Gasteiger partial charge in [-0.05, 0) is 48.2 Å². The average molecular weight is 423 g/mol. The lowest BCUT2D eigenvalue weighted by Gasteiger charge is -2.27. The van der Waals surface area contributed by atoms with Gasteiger partial charge in [0.15, 0.2) is 11.5 Å². The Morgan fingerprint density at radius 2 is 2.00 bits per heavy atom. The summed E-state index contributed by atoms with van der Waals surface area (Å²) in [6.07, 6.45) is 6.74. The molecule has 3 aromatic rings. The largest absolute Gasteiger partial charge is 0.493 e. The molecule has 1 saturated heterocycles. The van der Waals surface area contributed by atoms with Crippen LogP contribution in [-0.2, 0) is 11.3 Å². The number of aromatic nitrogens is 1. The van der Waals surface area contributed by atoms with Crippen molar-refractivity contribution in [2.45, 2.75) is 24.0 Å². The molecule has 0 amide bonds. The highest BCUT2D eigenvalue weighted by Crippen LogP contribution is 2.37. The second-order valence-corrected chi connectivity index (χ2v) is 7.97. The summed E-state index contributed by atoms with van der Waals surface area (Å²) in [7, 11) is 1.67. The number of benzene rings is 2. The third kappa shape index (κ3) is 4.89. The van der Waals surface area contributed by atoms with Gasteiger partial charge in [0.05, 0.1) is 20.3 Å². The highest BCUT2D eigenvalue weighted by atomic mass is 32.2. The average Bonchev–Trinajstić information content (AvgIpc) is 3.31. The third-order valence-corrected chi connectivity index (χ3v) is 5.79. The molecule has 2 aromatic carbocycles. The standard InChI is InChI=1S/C24H26N2O3S/c1-27-23-9-8-20(14-24(23)29-21-10-12-28-17-21)26(16-18-5-4-11-25-15-18)19-6-3-7-22(13-19)30-2/h3-9,11,13-15,21H,10,12,16-17H2,1-2H3/t21-/m1/s1. The predicted octanol–water partition coefficient (Wildman–Crippen LogP) is 5.32. The second kappa shape index (κ2) is 9.87. The quantitative estimate of drug-likeness (QED) is 0.458. The molecule has 0 bridgehead atoms. The maximum atomic E-state index is 6.23. The molecule has 0 unspecified atom stereocenters. The summed E-state index contributed by atoms with van der Waals surface area (Å²) in [6, 6.07) is 18.7. The summed E-state index contributed by atoms with van der Waals surface area (Å²) in [5.41, 5.74) is 3.28. The number of nitrogens with zero attached hydrogens (tertiary/aromatic N) is 2. The van der Waals surface area contributed by atoms with Gasteiger partial charge in [-0.1, -0.05) is 12.1 Å². The van der Waals surface area contributed by atoms with Crippen molar-refractivity contribution in [3.63, 3.8) is 0 Å². The van der Waals surface area contributed by atoms with Crippen LogP contribution in [-0.4, -0.2) is 37.7 Å². The van der Waals surface area contributed by atoms with Gasteiger partial charge < -0.3 is 19.1 Å². The highest BCUT2D eigenvalue weighted by molar-refractivity contribution is 7.98. The molecule has 0 N–H and O–H groups in total. The molecule has 5 nitrogen and oxygen atoms in total. The lowest BCUT2D eigenvalue weighted by atomic mass is 10.1. The minimum atomic E-state index is 0.0562. The van der Waals surface area contributed by atoms with E-state index in [9.17, 15) is 0 Å². The maximum absolute atomic E-state index is 6.23. The van der Waals surface area contributed by atoms with Gasteiger partial charge in [0.1, 0.15) is 6.10 Å². The highest BCUT2D eigenvalue weighted by Gasteiger charge is 2.21. The van der Waals surface area contributed by atoms with Gasteiger partial charge in [0, 0.05) is 47.7 Å². The van der Waals surface area contributed by atoms with Crippen molar-refractivity contribution in [3.8, 4) is 11.5 Å². The Kier molecular flexibility index (Phi) is 6.77. The minimum absolute atomic E-state index is 0.0562. The first-order chi connectivity index (χ1) is 14.8. The van der Waals surface area contributed by atoms with Crippen LogP contribution in [0.1, 0.15) is 12.0 Å². The number of pyridine rings is 1. The van der Waals surface area contributed by atoms with E-state index in [-0.39, 0.29) is 6.10 Å². The zero-order valence-corrected chi connectivity index (χ0v) is 18.1. The van der Waals surface area contributed by atoms with E-state index in [1.54, 1.807) is 25.1 Å². The fourth-order valence-electron chi connectivity index (χ4n) is 3.50. The van der Waals surface area contributed by atoms with Crippen molar-refractivity contribution in [2.75, 3.05) is 31.5 Å². The van der Waals surface area contributed by atoms with Crippen LogP contribution < -0.4 is 14.4 Å². The van der Waals surface area contributed by atoms with Crippen LogP contribution in [0.25, 0.3) is 0 Å². The predicted molar refractivity (Wildman–Crippen MR) is 121 cm³/mol. The Morgan fingerprint density at radius 1 is 1.10 bits per heavy atom. The van der Waals surface area contributed by atoms with Crippen LogP contribution in [0.3, 0.4) is 0 Å². The van der Waals surface area contributed by atoms with E-state index >= 15 is 0 Å². The molecular weight excluding hydrogens is 396 g/mol. The van der Waals surface area contributed by atoms with Crippen molar-refractivity contribution in [2.24, 2.45) is 0 Å². The topological polar surface area (TPSA) is 43.8 Å². The summed E-state index contributed by atoms with van der Waals surface area (Å²) < 4.78 is 17.2. The van der Waals surface area contributed by atoms with Gasteiger partial charge in [-0.15, -0.1) is 11.8 Å². The van der Waals surface area contributed by atoms with E-state index in [2.05, 4.69) is 58.6 Å². The fourth-order valence-corrected chi connectivity index (χ4v) is 3.95. The van der Waals surface area contributed by atoms with Crippen LogP contribution in [0.5, 0.6) is 11.5 Å². The number of rotatable bonds is 8. The van der Waals surface area contributed by atoms with Gasteiger partial charge in [-0.2, -0.15) is 0 Å². The number of hydrogen-bond donors (Lipinski definition) is 0. The molecule has 0 saturated carbocycles. The molecular formula is C24H26N2O3S. The Balaban J connectivity index is 1.71. The molecule has 1 aliphatic rings. The van der Waals surface area contributed by atoms with Crippen LogP contribution in [0.15, 0.2) is 71.9 Å². The molecule has 6 heteroatoms. The Labute approximate surface area is 182 Å². The zero-order valence-electron chi connectivity index (χ0n) is 17.3. The summed E-state index contributed by atoms with van der Waals surface area (Å²) in [5.74, 6) is 1.47. The van der Waals surface area contributed by atoms with Crippen molar-refractivity contribution < 1.29 is 14.2 Å². The third-order valence-electron chi connectivity index (χ3n) is 5.07. The number of ether oxygens (including phenoxy) is 3. The van der Waals surface area contributed by atoms with E-state index < -0.39 is 0 Å². The number of thioether (sulfide) groups is 1. The zero-order chi connectivity index (χ0) is 20.8. The number of methoxy groups -OCH3 is 1. The number of anilines is 2. The number of hydrogen-bond acceptors (Lipinski definition) is 6. The normalized spacial score (nSPS) is 15.7. The lowest BCUT2D eigenvalue weighted by molar-refractivity contribution is 0.138. The van der Waals surface area contributed by atoms with E-state index in [0.29, 0.717) is 13.2 Å². The lowest BCUT2D eigenvalue weighted by Crippen LogP contribution is -2.18. The fraction of sp³-hybridized carbons (Fsp3) is 0.292. The first-order valence-corrected chi connectivity index (χ1v) is 11.2. The van der Waals surface area contributed by atoms with Gasteiger partial charge >= 0.3 is 0 Å². The summed E-state index contributed by atoms with van der Waals surface area (Å²) in [4.78, 5) is 7.77. The SMILES string of the molecule is COc1ccc(N(Cc2cccnc2)c2cccc(SC)c2)cc1O[C@@H]1CCOC1. The molecule has 2 heterocycles. The van der Waals surface area contributed by atoms with Gasteiger partial charge in [0.2, 0.25) is 0 Å². The Morgan fingerprint density at radius 3 is 2.73 bits per heavy atom. The van der Waals surface area contributed by atoms with Gasteiger partial charge in [-0.3, -0.25) is 4.98 Å². The Hall–Kier alpha value is -2.70. The maximum Gasteiger partial charge on any atom is 0.163 e. The van der Waals surface area contributed by atoms with Crippen molar-refractivity contribution >= 4 is 23.1 Å². The molecule has 1 aromatic heterocycles. The van der Waals surface area contributed by atoms with Crippen LogP contribution in [0.4, 0.5) is 11.4 Å². The summed E-state index contributed by atoms with van der Waals surface area (Å²) in [5, 5.41) is 0. The molecule has 1 aliphatic heterocycles. The first-order valence-electron chi connectivity index (χ1n) is 10.00. The van der Waals surface area contributed by atoms with E-state index in [1.165, 1.54) is 4.90 Å². The molecule has 0 spiro atoms. The molecule has 156 valence electrons. The van der Waals surface area contributed by atoms with Crippen LogP contribution >= 0.6 is 11.8 Å². The Bertz CT molecular complexity index is 962. The van der Waals surface area contributed by atoms with Crippen molar-refractivity contribution in [1.29, 1.82) is 0 Å². The smallest absolute Gasteiger partial charge is 0.163 e. The summed E-state index contributed by atoms with van der Waals surface area (Å²) >= 11 is 1.73. The molecule has 0 aliphatic carbocycles. The molecule has 1 atom stereocenters. The van der Waals surface area contributed by atoms with Crippen molar-refractivity contribution in [3.05, 3.63) is 72.6 Å². The molecule has 30 heavy (non-hydrogen) atoms. The van der Waals surface area contributed by atoms with Gasteiger partial charge in [-0.25, -0.2) is 0 Å². The molecule has 4 rings (SSSR count). The van der Waals surface area contributed by atoms with Gasteiger partial charge in [0.25, 0.3) is 0 Å². The first kappa shape index (κ1) is 20.6. The van der Waals surface area contributed by atoms with E-state index in [4.69, 9.17) is 14.2 Å². The molecule has 0 radical (unpaired) electrons. The monoisotopic (exact) mass is 422 g/mol. The molecule has 1 fully saturated rings. The van der Waals surface area contributed by atoms with Crippen molar-refractivity contribution in [1.82, 2.24) is 4.98 Å². The minimum Gasteiger partial charge on any atom is -0.493 e. The summed E-state index contributed by atoms with van der Waals surface area (Å²) in [6.45, 7) is 2.05. The second-order valence-electron chi connectivity index (χ2n) is 7.09. The van der Waals surface area contributed by atoms with E-state index in [0.717, 1.165) is 41.5 Å². The van der Waals surface area contributed by atoms with Crippen LogP contribution in [0, 0.1) is 0 Å². The van der Waals surface area contributed by atoms with E-state index in [1.807, 2.05) is 18.3 Å². The van der Waals surface area contributed by atoms with Crippen LogP contribution in [0.2, 0.25) is 0 Å².